The number of nitrogen functional groups attached to an aromatic ring is 1. The molecule has 0 aliphatic heterocycles. The number of aryl methyl sites for hydroxylation is 2. The molecule has 0 spiro atoms. The lowest BCUT2D eigenvalue weighted by Gasteiger charge is -2.25. The molecule has 6 rings (SSSR count). The number of fused-ring (bicyclic) bond motifs is 2. The van der Waals surface area contributed by atoms with Crippen molar-refractivity contribution in [1.29, 1.82) is 0 Å². The van der Waals surface area contributed by atoms with E-state index in [0.29, 0.717) is 11.8 Å². The van der Waals surface area contributed by atoms with Crippen molar-refractivity contribution in [3.05, 3.63) is 53.9 Å². The number of aliphatic hydroxyl groups excluding tert-OH is 1. The molecule has 2 aromatic carbocycles. The van der Waals surface area contributed by atoms with E-state index in [1.54, 1.807) is 0 Å². The van der Waals surface area contributed by atoms with Crippen LogP contribution in [0, 0.1) is 13.8 Å². The summed E-state index contributed by atoms with van der Waals surface area (Å²) in [5.41, 5.74) is 13.4. The van der Waals surface area contributed by atoms with Crippen molar-refractivity contribution < 1.29 is 9.52 Å². The average molecular weight is 470 g/mol. The minimum atomic E-state index is -0.235. The summed E-state index contributed by atoms with van der Waals surface area (Å²) in [6.07, 6.45) is 4.48. The van der Waals surface area contributed by atoms with Crippen molar-refractivity contribution in [2.45, 2.75) is 51.7 Å². The van der Waals surface area contributed by atoms with Gasteiger partial charge in [-0.15, -0.1) is 0 Å². The average Bonchev–Trinajstić information content (AvgIpc) is 3.43. The Labute approximate surface area is 202 Å². The highest BCUT2D eigenvalue weighted by molar-refractivity contribution is 5.98. The van der Waals surface area contributed by atoms with Crippen LogP contribution in [0.5, 0.6) is 0 Å². The van der Waals surface area contributed by atoms with Crippen molar-refractivity contribution in [3.63, 3.8) is 0 Å². The SMILES string of the molecule is Cc1cc(C)c2oc(Nc3ccc(-c4nn([C@H]5CC[C@H](O)CC5)c5ncnc(N)c45)cc3)nc2c1. The van der Waals surface area contributed by atoms with Crippen LogP contribution < -0.4 is 11.1 Å². The molecule has 1 aliphatic carbocycles. The van der Waals surface area contributed by atoms with E-state index in [0.717, 1.165) is 75.9 Å². The Morgan fingerprint density at radius 1 is 1.06 bits per heavy atom. The van der Waals surface area contributed by atoms with Gasteiger partial charge in [0.15, 0.2) is 11.2 Å². The third kappa shape index (κ3) is 3.87. The molecule has 35 heavy (non-hydrogen) atoms. The molecular weight excluding hydrogens is 442 g/mol. The van der Waals surface area contributed by atoms with Gasteiger partial charge in [0.1, 0.15) is 23.4 Å². The van der Waals surface area contributed by atoms with Crippen molar-refractivity contribution >= 4 is 39.7 Å². The number of hydrogen-bond acceptors (Lipinski definition) is 8. The van der Waals surface area contributed by atoms with Crippen LogP contribution in [0.15, 0.2) is 47.1 Å². The van der Waals surface area contributed by atoms with Gasteiger partial charge in [-0.25, -0.2) is 14.6 Å². The maximum atomic E-state index is 9.92. The minimum absolute atomic E-state index is 0.177. The lowest BCUT2D eigenvalue weighted by Crippen LogP contribution is -2.22. The van der Waals surface area contributed by atoms with Crippen molar-refractivity contribution in [2.75, 3.05) is 11.1 Å². The zero-order chi connectivity index (χ0) is 24.1. The molecule has 3 heterocycles. The molecule has 4 N–H and O–H groups in total. The normalized spacial score (nSPS) is 18.4. The summed E-state index contributed by atoms with van der Waals surface area (Å²) in [4.78, 5) is 13.3. The summed E-state index contributed by atoms with van der Waals surface area (Å²) in [7, 11) is 0. The Morgan fingerprint density at radius 2 is 1.83 bits per heavy atom. The Balaban J connectivity index is 1.32. The minimum Gasteiger partial charge on any atom is -0.423 e. The topological polar surface area (TPSA) is 128 Å². The summed E-state index contributed by atoms with van der Waals surface area (Å²) >= 11 is 0. The van der Waals surface area contributed by atoms with Crippen LogP contribution in [0.3, 0.4) is 0 Å². The van der Waals surface area contributed by atoms with Crippen LogP contribution in [0.2, 0.25) is 0 Å². The van der Waals surface area contributed by atoms with E-state index in [4.69, 9.17) is 15.2 Å². The molecule has 1 fully saturated rings. The Hall–Kier alpha value is -3.98. The number of hydrogen-bond donors (Lipinski definition) is 3. The molecule has 9 nitrogen and oxygen atoms in total. The number of rotatable bonds is 4. The summed E-state index contributed by atoms with van der Waals surface area (Å²) in [5.74, 6) is 0.409. The highest BCUT2D eigenvalue weighted by atomic mass is 16.4. The Kier molecular flexibility index (Phi) is 5.14. The van der Waals surface area contributed by atoms with Crippen LogP contribution in [-0.2, 0) is 0 Å². The van der Waals surface area contributed by atoms with E-state index in [9.17, 15) is 5.11 Å². The fraction of sp³-hybridized carbons (Fsp3) is 0.308. The largest absolute Gasteiger partial charge is 0.423 e. The maximum absolute atomic E-state index is 9.92. The lowest BCUT2D eigenvalue weighted by molar-refractivity contribution is 0.109. The first-order valence-corrected chi connectivity index (χ1v) is 11.9. The molecule has 0 atom stereocenters. The van der Waals surface area contributed by atoms with Gasteiger partial charge in [-0.05, 0) is 68.9 Å². The number of oxazole rings is 1. The molecule has 0 saturated heterocycles. The summed E-state index contributed by atoms with van der Waals surface area (Å²) < 4.78 is 7.90. The van der Waals surface area contributed by atoms with E-state index in [-0.39, 0.29) is 12.1 Å². The van der Waals surface area contributed by atoms with E-state index < -0.39 is 0 Å². The standard InChI is InChI=1S/C26H27N7O2/c1-14-11-15(2)23-20(12-14)31-26(35-23)30-17-5-3-16(4-6-17)22-21-24(27)28-13-29-25(21)33(32-22)18-7-9-19(34)10-8-18/h3-6,11-13,18-19,34H,7-10H2,1-2H3,(H,30,31)(H2,27,28,29)/t18-,19-. The smallest absolute Gasteiger partial charge is 0.300 e. The number of nitrogens with zero attached hydrogens (tertiary/aromatic N) is 5. The summed E-state index contributed by atoms with van der Waals surface area (Å²) in [6.45, 7) is 4.07. The van der Waals surface area contributed by atoms with Crippen LogP contribution in [0.4, 0.5) is 17.5 Å². The number of nitrogens with one attached hydrogen (secondary N) is 1. The Morgan fingerprint density at radius 3 is 2.60 bits per heavy atom. The number of anilines is 3. The van der Waals surface area contributed by atoms with Crippen LogP contribution in [0.25, 0.3) is 33.4 Å². The summed E-state index contributed by atoms with van der Waals surface area (Å²) in [6, 6.07) is 12.6. The lowest BCUT2D eigenvalue weighted by atomic mass is 9.93. The number of nitrogens with two attached hydrogens (primary N) is 1. The first kappa shape index (κ1) is 21.5. The summed E-state index contributed by atoms with van der Waals surface area (Å²) in [5, 5.41) is 18.9. The third-order valence-electron chi connectivity index (χ3n) is 6.76. The van der Waals surface area contributed by atoms with E-state index in [1.165, 1.54) is 6.33 Å². The second kappa shape index (κ2) is 8.35. The predicted octanol–water partition coefficient (Wildman–Crippen LogP) is 5.05. The van der Waals surface area contributed by atoms with Gasteiger partial charge in [-0.3, -0.25) is 0 Å². The molecule has 178 valence electrons. The van der Waals surface area contributed by atoms with Crippen molar-refractivity contribution in [2.24, 2.45) is 0 Å². The van der Waals surface area contributed by atoms with Gasteiger partial charge in [-0.1, -0.05) is 18.2 Å². The molecule has 5 aromatic rings. The number of aliphatic hydroxyl groups is 1. The fourth-order valence-corrected chi connectivity index (χ4v) is 5.02. The monoisotopic (exact) mass is 469 g/mol. The van der Waals surface area contributed by atoms with Gasteiger partial charge in [0.2, 0.25) is 0 Å². The van der Waals surface area contributed by atoms with Gasteiger partial charge in [0, 0.05) is 11.3 Å². The van der Waals surface area contributed by atoms with Crippen LogP contribution >= 0.6 is 0 Å². The van der Waals surface area contributed by atoms with Gasteiger partial charge in [0.05, 0.1) is 17.5 Å². The van der Waals surface area contributed by atoms with E-state index in [1.807, 2.05) is 48.9 Å². The van der Waals surface area contributed by atoms with Gasteiger partial charge in [0.25, 0.3) is 6.01 Å². The highest BCUT2D eigenvalue weighted by Crippen LogP contribution is 2.36. The molecule has 3 aromatic heterocycles. The predicted molar refractivity (Wildman–Crippen MR) is 135 cm³/mol. The van der Waals surface area contributed by atoms with Gasteiger partial charge < -0.3 is 20.6 Å². The van der Waals surface area contributed by atoms with Crippen LogP contribution in [-0.4, -0.2) is 35.9 Å². The number of benzene rings is 2. The maximum Gasteiger partial charge on any atom is 0.300 e. The molecule has 1 saturated carbocycles. The van der Waals surface area contributed by atoms with Crippen LogP contribution in [0.1, 0.15) is 42.9 Å². The molecule has 0 unspecified atom stereocenters. The first-order valence-electron chi connectivity index (χ1n) is 11.9. The fourth-order valence-electron chi connectivity index (χ4n) is 5.02. The first-order chi connectivity index (χ1) is 17.0. The molecule has 0 radical (unpaired) electrons. The quantitative estimate of drug-likeness (QED) is 0.333. The van der Waals surface area contributed by atoms with Gasteiger partial charge in [-0.2, -0.15) is 10.1 Å². The van der Waals surface area contributed by atoms with E-state index in [2.05, 4.69) is 26.3 Å². The van der Waals surface area contributed by atoms with E-state index >= 15 is 0 Å². The number of aromatic nitrogens is 5. The molecule has 1 aliphatic rings. The second-order valence-electron chi connectivity index (χ2n) is 9.36. The molecule has 0 amide bonds. The van der Waals surface area contributed by atoms with Gasteiger partial charge >= 0.3 is 0 Å². The molecular formula is C26H27N7O2. The highest BCUT2D eigenvalue weighted by Gasteiger charge is 2.26. The zero-order valence-corrected chi connectivity index (χ0v) is 19.7. The molecule has 9 heteroatoms. The molecule has 0 bridgehead atoms. The zero-order valence-electron chi connectivity index (χ0n) is 19.7. The third-order valence-corrected chi connectivity index (χ3v) is 6.76. The van der Waals surface area contributed by atoms with Crippen molar-refractivity contribution in [3.8, 4) is 11.3 Å². The Bertz CT molecular complexity index is 1530. The second-order valence-corrected chi connectivity index (χ2v) is 9.36. The van der Waals surface area contributed by atoms with Crippen molar-refractivity contribution in [1.82, 2.24) is 24.7 Å².